The molecule has 1 aliphatic heterocycles. The minimum Gasteiger partial charge on any atom is -0.330 e. The molecule has 1 heterocycles. The summed E-state index contributed by atoms with van der Waals surface area (Å²) < 4.78 is 0. The van der Waals surface area contributed by atoms with Crippen LogP contribution in [0.1, 0.15) is 51.9 Å². The average molecular weight is 210 g/mol. The predicted molar refractivity (Wildman–Crippen MR) is 64.8 cm³/mol. The molecule has 0 amide bonds. The van der Waals surface area contributed by atoms with Crippen LogP contribution < -0.4 is 5.73 Å². The fourth-order valence-electron chi connectivity index (χ4n) is 3.74. The third-order valence-electron chi connectivity index (χ3n) is 4.48. The van der Waals surface area contributed by atoms with Gasteiger partial charge in [0.05, 0.1) is 0 Å². The number of nitrogens with two attached hydrogens (primary N) is 1. The standard InChI is InChI=1S/C13H26N2/c1-2-12(8-9-14)15-10-4-6-11-5-3-7-13(11)15/h11-13H,2-10,14H2,1H3. The molecule has 2 heteroatoms. The van der Waals surface area contributed by atoms with Gasteiger partial charge in [-0.15, -0.1) is 0 Å². The number of hydrogen-bond donors (Lipinski definition) is 1. The molecule has 0 aromatic rings. The van der Waals surface area contributed by atoms with Crippen LogP contribution in [-0.2, 0) is 0 Å². The van der Waals surface area contributed by atoms with E-state index in [1.54, 1.807) is 0 Å². The average Bonchev–Trinajstić information content (AvgIpc) is 2.73. The molecule has 0 radical (unpaired) electrons. The van der Waals surface area contributed by atoms with E-state index < -0.39 is 0 Å². The van der Waals surface area contributed by atoms with Crippen molar-refractivity contribution in [3.63, 3.8) is 0 Å². The van der Waals surface area contributed by atoms with Gasteiger partial charge < -0.3 is 5.73 Å². The van der Waals surface area contributed by atoms with Gasteiger partial charge in [-0.3, -0.25) is 4.90 Å². The molecule has 3 unspecified atom stereocenters. The number of piperidine rings is 1. The van der Waals surface area contributed by atoms with E-state index in [0.29, 0.717) is 0 Å². The largest absolute Gasteiger partial charge is 0.330 e. The molecule has 0 aromatic heterocycles. The summed E-state index contributed by atoms with van der Waals surface area (Å²) >= 11 is 0. The smallest absolute Gasteiger partial charge is 0.0126 e. The SMILES string of the molecule is CCC(CCN)N1CCCC2CCCC21. The van der Waals surface area contributed by atoms with Gasteiger partial charge in [-0.1, -0.05) is 13.3 Å². The fraction of sp³-hybridized carbons (Fsp3) is 1.00. The maximum Gasteiger partial charge on any atom is 0.0126 e. The molecule has 0 spiro atoms. The van der Waals surface area contributed by atoms with Crippen molar-refractivity contribution in [1.82, 2.24) is 4.90 Å². The van der Waals surface area contributed by atoms with E-state index >= 15 is 0 Å². The van der Waals surface area contributed by atoms with Crippen molar-refractivity contribution >= 4 is 0 Å². The lowest BCUT2D eigenvalue weighted by Gasteiger charge is -2.42. The predicted octanol–water partition coefficient (Wildman–Crippen LogP) is 2.38. The van der Waals surface area contributed by atoms with E-state index in [4.69, 9.17) is 5.73 Å². The van der Waals surface area contributed by atoms with E-state index in [1.807, 2.05) is 0 Å². The maximum atomic E-state index is 5.72. The summed E-state index contributed by atoms with van der Waals surface area (Å²) in [6, 6.07) is 1.68. The summed E-state index contributed by atoms with van der Waals surface area (Å²) in [5.74, 6) is 1.02. The molecule has 2 fully saturated rings. The molecular weight excluding hydrogens is 184 g/mol. The first-order valence-corrected chi connectivity index (χ1v) is 6.82. The van der Waals surface area contributed by atoms with Crippen LogP contribution in [-0.4, -0.2) is 30.1 Å². The molecule has 2 aliphatic rings. The van der Waals surface area contributed by atoms with Crippen LogP contribution in [0.3, 0.4) is 0 Å². The Morgan fingerprint density at radius 2 is 2.07 bits per heavy atom. The molecule has 0 aromatic carbocycles. The highest BCUT2D eigenvalue weighted by atomic mass is 15.2. The van der Waals surface area contributed by atoms with Gasteiger partial charge in [0.25, 0.3) is 0 Å². The van der Waals surface area contributed by atoms with Gasteiger partial charge in [-0.25, -0.2) is 0 Å². The molecule has 88 valence electrons. The van der Waals surface area contributed by atoms with Crippen LogP contribution in [0.4, 0.5) is 0 Å². The maximum absolute atomic E-state index is 5.72. The van der Waals surface area contributed by atoms with Gasteiger partial charge in [-0.2, -0.15) is 0 Å². The van der Waals surface area contributed by atoms with Gasteiger partial charge in [0.15, 0.2) is 0 Å². The van der Waals surface area contributed by atoms with Crippen LogP contribution in [0.2, 0.25) is 0 Å². The number of nitrogens with zero attached hydrogens (tertiary/aromatic N) is 1. The minimum absolute atomic E-state index is 0.765. The summed E-state index contributed by atoms with van der Waals surface area (Å²) in [6.07, 6.45) is 9.78. The van der Waals surface area contributed by atoms with Gasteiger partial charge in [0.1, 0.15) is 0 Å². The summed E-state index contributed by atoms with van der Waals surface area (Å²) in [6.45, 7) is 4.50. The number of likely N-dealkylation sites (tertiary alicyclic amines) is 1. The van der Waals surface area contributed by atoms with Gasteiger partial charge in [0, 0.05) is 12.1 Å². The Balaban J connectivity index is 1.99. The lowest BCUT2D eigenvalue weighted by atomic mass is 9.89. The van der Waals surface area contributed by atoms with E-state index in [1.165, 1.54) is 51.5 Å². The van der Waals surface area contributed by atoms with Crippen molar-refractivity contribution in [2.75, 3.05) is 13.1 Å². The van der Waals surface area contributed by atoms with Crippen LogP contribution in [0.25, 0.3) is 0 Å². The van der Waals surface area contributed by atoms with Crippen molar-refractivity contribution in [1.29, 1.82) is 0 Å². The van der Waals surface area contributed by atoms with Crippen molar-refractivity contribution < 1.29 is 0 Å². The van der Waals surface area contributed by atoms with Crippen LogP contribution in [0.15, 0.2) is 0 Å². The quantitative estimate of drug-likeness (QED) is 0.772. The molecule has 2 nitrogen and oxygen atoms in total. The second-order valence-corrected chi connectivity index (χ2v) is 5.28. The zero-order valence-corrected chi connectivity index (χ0v) is 10.1. The molecule has 15 heavy (non-hydrogen) atoms. The second kappa shape index (κ2) is 5.31. The fourth-order valence-corrected chi connectivity index (χ4v) is 3.74. The highest BCUT2D eigenvalue weighted by Gasteiger charge is 2.37. The lowest BCUT2D eigenvalue weighted by molar-refractivity contribution is 0.0623. The van der Waals surface area contributed by atoms with Gasteiger partial charge in [-0.05, 0) is 57.5 Å². The van der Waals surface area contributed by atoms with Crippen molar-refractivity contribution in [3.8, 4) is 0 Å². The minimum atomic E-state index is 0.765. The topological polar surface area (TPSA) is 29.3 Å². The van der Waals surface area contributed by atoms with E-state index in [-0.39, 0.29) is 0 Å². The van der Waals surface area contributed by atoms with Crippen molar-refractivity contribution in [3.05, 3.63) is 0 Å². The van der Waals surface area contributed by atoms with Crippen molar-refractivity contribution in [2.24, 2.45) is 11.7 Å². The lowest BCUT2D eigenvalue weighted by Crippen LogP contribution is -2.48. The molecule has 1 aliphatic carbocycles. The number of hydrogen-bond acceptors (Lipinski definition) is 2. The summed E-state index contributed by atoms with van der Waals surface area (Å²) in [5.41, 5.74) is 5.72. The Kier molecular flexibility index (Phi) is 4.04. The van der Waals surface area contributed by atoms with E-state index in [2.05, 4.69) is 11.8 Å². The Labute approximate surface area is 94.2 Å². The first kappa shape index (κ1) is 11.4. The highest BCUT2D eigenvalue weighted by Crippen LogP contribution is 2.38. The highest BCUT2D eigenvalue weighted by molar-refractivity contribution is 4.91. The van der Waals surface area contributed by atoms with Gasteiger partial charge in [0.2, 0.25) is 0 Å². The first-order chi connectivity index (χ1) is 7.36. The van der Waals surface area contributed by atoms with Crippen LogP contribution >= 0.6 is 0 Å². The molecule has 0 bridgehead atoms. The molecule has 1 saturated carbocycles. The Bertz CT molecular complexity index is 193. The first-order valence-electron chi connectivity index (χ1n) is 6.82. The summed E-state index contributed by atoms with van der Waals surface area (Å²) in [4.78, 5) is 2.80. The van der Waals surface area contributed by atoms with Gasteiger partial charge >= 0.3 is 0 Å². The van der Waals surface area contributed by atoms with Crippen LogP contribution in [0, 0.1) is 5.92 Å². The number of rotatable bonds is 4. The second-order valence-electron chi connectivity index (χ2n) is 5.28. The molecule has 2 rings (SSSR count). The third kappa shape index (κ3) is 2.36. The summed E-state index contributed by atoms with van der Waals surface area (Å²) in [5, 5.41) is 0. The molecule has 3 atom stereocenters. The zero-order chi connectivity index (χ0) is 10.7. The third-order valence-corrected chi connectivity index (χ3v) is 4.48. The molecular formula is C13H26N2. The summed E-state index contributed by atoms with van der Waals surface area (Å²) in [7, 11) is 0. The Morgan fingerprint density at radius 1 is 1.27 bits per heavy atom. The Hall–Kier alpha value is -0.0800. The van der Waals surface area contributed by atoms with Crippen LogP contribution in [0.5, 0.6) is 0 Å². The zero-order valence-electron chi connectivity index (χ0n) is 10.1. The Morgan fingerprint density at radius 3 is 2.80 bits per heavy atom. The monoisotopic (exact) mass is 210 g/mol. The molecule has 1 saturated heterocycles. The number of fused-ring (bicyclic) bond motifs is 1. The van der Waals surface area contributed by atoms with E-state index in [0.717, 1.165) is 24.5 Å². The van der Waals surface area contributed by atoms with Crippen molar-refractivity contribution in [2.45, 2.75) is 64.0 Å². The molecule has 2 N–H and O–H groups in total. The normalized spacial score (nSPS) is 34.0. The van der Waals surface area contributed by atoms with E-state index in [9.17, 15) is 0 Å².